The molecule has 1 aromatic carbocycles. The third kappa shape index (κ3) is 7.32. The average molecular weight is 445 g/mol. The second kappa shape index (κ2) is 11.1. The Hall–Kier alpha value is -1.92. The number of hydrogen-bond donors (Lipinski definition) is 1. The Morgan fingerprint density at radius 1 is 1.16 bits per heavy atom. The lowest BCUT2D eigenvalue weighted by Crippen LogP contribution is -2.30. The van der Waals surface area contributed by atoms with Crippen LogP contribution in [-0.2, 0) is 16.1 Å². The molecule has 0 radical (unpaired) electrons. The fourth-order valence-corrected chi connectivity index (χ4v) is 4.86. The van der Waals surface area contributed by atoms with E-state index in [0.717, 1.165) is 40.8 Å². The summed E-state index contributed by atoms with van der Waals surface area (Å²) in [6, 6.07) is 8.29. The molecular weight excluding hydrogens is 408 g/mol. The summed E-state index contributed by atoms with van der Waals surface area (Å²) < 4.78 is 11.2. The van der Waals surface area contributed by atoms with Crippen molar-refractivity contribution >= 4 is 17.3 Å². The van der Waals surface area contributed by atoms with Gasteiger partial charge in [-0.2, -0.15) is 0 Å². The largest absolute Gasteiger partial charge is 0.490 e. The molecule has 31 heavy (non-hydrogen) atoms. The Balaban J connectivity index is 1.45. The summed E-state index contributed by atoms with van der Waals surface area (Å²) in [7, 11) is 0. The SMILES string of the molecule is CCOC(=O)CCNCc1nc(-c2ccc(OC3CCC(C(C)(C)C)CC3)cc2)cs1. The van der Waals surface area contributed by atoms with E-state index >= 15 is 0 Å². The van der Waals surface area contributed by atoms with Crippen molar-refractivity contribution in [2.24, 2.45) is 11.3 Å². The van der Waals surface area contributed by atoms with Crippen LogP contribution in [0.25, 0.3) is 11.3 Å². The molecule has 170 valence electrons. The molecule has 1 aliphatic rings. The molecule has 0 bridgehead atoms. The number of benzene rings is 1. The van der Waals surface area contributed by atoms with Gasteiger partial charge < -0.3 is 14.8 Å². The number of aromatic nitrogens is 1. The monoisotopic (exact) mass is 444 g/mol. The van der Waals surface area contributed by atoms with Gasteiger partial charge in [0, 0.05) is 24.0 Å². The average Bonchev–Trinajstić information content (AvgIpc) is 3.21. The molecule has 5 nitrogen and oxygen atoms in total. The van der Waals surface area contributed by atoms with E-state index in [4.69, 9.17) is 14.5 Å². The lowest BCUT2D eigenvalue weighted by molar-refractivity contribution is -0.142. The van der Waals surface area contributed by atoms with Gasteiger partial charge in [-0.25, -0.2) is 4.98 Å². The number of carbonyl (C=O) groups excluding carboxylic acids is 1. The molecule has 0 aliphatic heterocycles. The van der Waals surface area contributed by atoms with E-state index in [1.54, 1.807) is 11.3 Å². The van der Waals surface area contributed by atoms with Crippen LogP contribution >= 0.6 is 11.3 Å². The predicted octanol–water partition coefficient (Wildman–Crippen LogP) is 5.84. The van der Waals surface area contributed by atoms with Crippen molar-refractivity contribution in [1.29, 1.82) is 0 Å². The zero-order valence-electron chi connectivity index (χ0n) is 19.3. The first-order chi connectivity index (χ1) is 14.8. The van der Waals surface area contributed by atoms with Gasteiger partial charge in [-0.3, -0.25) is 4.79 Å². The van der Waals surface area contributed by atoms with E-state index in [1.165, 1.54) is 12.8 Å². The van der Waals surface area contributed by atoms with Gasteiger partial charge in [0.2, 0.25) is 0 Å². The molecule has 3 rings (SSSR count). The van der Waals surface area contributed by atoms with Gasteiger partial charge in [-0.05, 0) is 68.2 Å². The minimum absolute atomic E-state index is 0.167. The maximum absolute atomic E-state index is 11.4. The smallest absolute Gasteiger partial charge is 0.307 e. The summed E-state index contributed by atoms with van der Waals surface area (Å²) in [5.41, 5.74) is 2.47. The van der Waals surface area contributed by atoms with E-state index in [0.29, 0.717) is 37.6 Å². The van der Waals surface area contributed by atoms with Gasteiger partial charge in [0.1, 0.15) is 10.8 Å². The topological polar surface area (TPSA) is 60.5 Å². The van der Waals surface area contributed by atoms with Crippen LogP contribution in [0.4, 0.5) is 0 Å². The van der Waals surface area contributed by atoms with Crippen LogP contribution in [0.1, 0.15) is 64.8 Å². The molecule has 1 fully saturated rings. The van der Waals surface area contributed by atoms with Crippen LogP contribution in [0.3, 0.4) is 0 Å². The number of thiazole rings is 1. The zero-order valence-corrected chi connectivity index (χ0v) is 20.1. The van der Waals surface area contributed by atoms with Crippen LogP contribution in [0.2, 0.25) is 0 Å². The molecule has 0 saturated heterocycles. The van der Waals surface area contributed by atoms with E-state index in [-0.39, 0.29) is 5.97 Å². The number of rotatable bonds is 9. The van der Waals surface area contributed by atoms with Gasteiger partial charge in [-0.1, -0.05) is 20.8 Å². The molecule has 6 heteroatoms. The van der Waals surface area contributed by atoms with E-state index in [1.807, 2.05) is 6.92 Å². The standard InChI is InChI=1S/C25H36N2O3S/c1-5-29-24(28)14-15-26-16-23-27-22(17-31-23)18-6-10-20(11-7-18)30-21-12-8-19(9-13-21)25(2,3)4/h6-7,10-11,17,19,21,26H,5,8-9,12-16H2,1-4H3. The number of nitrogens with one attached hydrogen (secondary N) is 1. The first-order valence-electron chi connectivity index (χ1n) is 11.4. The second-order valence-corrected chi connectivity index (χ2v) is 10.3. The summed E-state index contributed by atoms with van der Waals surface area (Å²) in [6.07, 6.45) is 5.50. The third-order valence-corrected chi connectivity index (χ3v) is 6.84. The van der Waals surface area contributed by atoms with Crippen molar-refractivity contribution in [3.05, 3.63) is 34.7 Å². The van der Waals surface area contributed by atoms with E-state index < -0.39 is 0 Å². The fourth-order valence-electron chi connectivity index (χ4n) is 4.09. The Kier molecular flexibility index (Phi) is 8.50. The summed E-state index contributed by atoms with van der Waals surface area (Å²) >= 11 is 1.63. The first kappa shape index (κ1) is 23.7. The lowest BCUT2D eigenvalue weighted by Gasteiger charge is -2.36. The minimum Gasteiger partial charge on any atom is -0.490 e. The highest BCUT2D eigenvalue weighted by molar-refractivity contribution is 7.09. The number of carbonyl (C=O) groups is 1. The third-order valence-electron chi connectivity index (χ3n) is 5.99. The quantitative estimate of drug-likeness (QED) is 0.389. The Labute approximate surface area is 190 Å². The molecule has 0 amide bonds. The molecule has 1 heterocycles. The summed E-state index contributed by atoms with van der Waals surface area (Å²) in [5.74, 6) is 1.58. The van der Waals surface area contributed by atoms with Gasteiger partial charge in [0.15, 0.2) is 0 Å². The van der Waals surface area contributed by atoms with E-state index in [9.17, 15) is 4.79 Å². The van der Waals surface area contributed by atoms with E-state index in [2.05, 4.69) is 55.7 Å². The summed E-state index contributed by atoms with van der Waals surface area (Å²) in [6.45, 7) is 10.5. The molecule has 0 atom stereocenters. The molecule has 1 saturated carbocycles. The van der Waals surface area contributed by atoms with Crippen LogP contribution in [0.15, 0.2) is 29.6 Å². The Morgan fingerprint density at radius 2 is 1.87 bits per heavy atom. The number of ether oxygens (including phenoxy) is 2. The number of nitrogens with zero attached hydrogens (tertiary/aromatic N) is 1. The van der Waals surface area contributed by atoms with Crippen molar-refractivity contribution in [3.63, 3.8) is 0 Å². The summed E-state index contributed by atoms with van der Waals surface area (Å²) in [4.78, 5) is 16.1. The molecule has 0 spiro atoms. The molecular formula is C25H36N2O3S. The minimum atomic E-state index is -0.167. The van der Waals surface area contributed by atoms with Crippen LogP contribution in [-0.4, -0.2) is 30.2 Å². The maximum atomic E-state index is 11.4. The highest BCUT2D eigenvalue weighted by Gasteiger charge is 2.30. The van der Waals surface area contributed by atoms with Crippen molar-refractivity contribution in [1.82, 2.24) is 10.3 Å². The molecule has 1 aromatic heterocycles. The number of hydrogen-bond acceptors (Lipinski definition) is 6. The second-order valence-electron chi connectivity index (χ2n) is 9.34. The molecule has 1 N–H and O–H groups in total. The molecule has 2 aromatic rings. The Bertz CT molecular complexity index is 818. The van der Waals surface area contributed by atoms with Crippen molar-refractivity contribution in [2.45, 2.75) is 72.4 Å². The van der Waals surface area contributed by atoms with Gasteiger partial charge in [0.25, 0.3) is 0 Å². The molecule has 1 aliphatic carbocycles. The Morgan fingerprint density at radius 3 is 2.52 bits per heavy atom. The lowest BCUT2D eigenvalue weighted by atomic mass is 9.72. The van der Waals surface area contributed by atoms with Gasteiger partial charge in [0.05, 0.1) is 24.8 Å². The molecule has 0 unspecified atom stereocenters. The summed E-state index contributed by atoms with van der Waals surface area (Å²) in [5, 5.41) is 6.33. The highest BCUT2D eigenvalue weighted by Crippen LogP contribution is 2.38. The first-order valence-corrected chi connectivity index (χ1v) is 12.3. The van der Waals surface area contributed by atoms with Crippen molar-refractivity contribution < 1.29 is 14.3 Å². The van der Waals surface area contributed by atoms with Crippen molar-refractivity contribution in [3.8, 4) is 17.0 Å². The van der Waals surface area contributed by atoms with Crippen molar-refractivity contribution in [2.75, 3.05) is 13.2 Å². The fraction of sp³-hybridized carbons (Fsp3) is 0.600. The van der Waals surface area contributed by atoms with Gasteiger partial charge >= 0.3 is 5.97 Å². The normalized spacial score (nSPS) is 19.2. The number of esters is 1. The zero-order chi connectivity index (χ0) is 22.3. The van der Waals surface area contributed by atoms with Crippen LogP contribution in [0.5, 0.6) is 5.75 Å². The predicted molar refractivity (Wildman–Crippen MR) is 126 cm³/mol. The highest BCUT2D eigenvalue weighted by atomic mass is 32.1. The maximum Gasteiger partial charge on any atom is 0.307 e. The van der Waals surface area contributed by atoms with Gasteiger partial charge in [-0.15, -0.1) is 11.3 Å². The van der Waals surface area contributed by atoms with Crippen LogP contribution in [0, 0.1) is 11.3 Å². The van der Waals surface area contributed by atoms with Crippen LogP contribution < -0.4 is 10.1 Å².